The summed E-state index contributed by atoms with van der Waals surface area (Å²) in [5.41, 5.74) is 0.665. The molecular weight excluding hydrogens is 316 g/mol. The summed E-state index contributed by atoms with van der Waals surface area (Å²) in [4.78, 5) is 11.7. The smallest absolute Gasteiger partial charge is 0.220 e. The molecule has 0 saturated carbocycles. The van der Waals surface area contributed by atoms with Gasteiger partial charge in [0.1, 0.15) is 0 Å². The summed E-state index contributed by atoms with van der Waals surface area (Å²) < 4.78 is 7.79. The average Bonchev–Trinajstić information content (AvgIpc) is 2.81. The molecule has 0 spiro atoms. The Balaban J connectivity index is 2.22. The molecule has 144 valence electrons. The Labute approximate surface area is 152 Å². The van der Waals surface area contributed by atoms with Crippen LogP contribution in [-0.2, 0) is 22.5 Å². The van der Waals surface area contributed by atoms with Gasteiger partial charge in [-0.3, -0.25) is 9.48 Å². The largest absolute Gasteiger partial charge is 0.373 e. The summed E-state index contributed by atoms with van der Waals surface area (Å²) in [6.45, 7) is 15.1. The quantitative estimate of drug-likeness (QED) is 0.691. The van der Waals surface area contributed by atoms with Crippen LogP contribution in [0.3, 0.4) is 0 Å². The summed E-state index contributed by atoms with van der Waals surface area (Å²) >= 11 is 0. The second-order valence-electron chi connectivity index (χ2n) is 8.83. The molecule has 0 aliphatic carbocycles. The van der Waals surface area contributed by atoms with Gasteiger partial charge in [-0.05, 0) is 61.3 Å². The van der Waals surface area contributed by atoms with E-state index in [0.29, 0.717) is 6.42 Å². The Morgan fingerprint density at radius 2 is 1.88 bits per heavy atom. The standard InChI is InChI=1S/C19H36N4O2/c1-15(25-19(5,6)7)13-16-14-23(22-21-16)12-10-8-9-11-17(24)20-18(2,3)4/h14-15H,8-13H2,1-7H3,(H,20,24). The van der Waals surface area contributed by atoms with Crippen molar-refractivity contribution < 1.29 is 9.53 Å². The van der Waals surface area contributed by atoms with Crippen LogP contribution in [0.2, 0.25) is 0 Å². The fourth-order valence-electron chi connectivity index (χ4n) is 2.70. The molecule has 0 fully saturated rings. The molecule has 1 atom stereocenters. The van der Waals surface area contributed by atoms with Crippen LogP contribution in [0.25, 0.3) is 0 Å². The highest BCUT2D eigenvalue weighted by Crippen LogP contribution is 2.13. The fraction of sp³-hybridized carbons (Fsp3) is 0.842. The lowest BCUT2D eigenvalue weighted by molar-refractivity contribution is -0.122. The normalized spacial score (nSPS) is 13.7. The van der Waals surface area contributed by atoms with Gasteiger partial charge in [-0.2, -0.15) is 0 Å². The van der Waals surface area contributed by atoms with Crippen LogP contribution in [0.4, 0.5) is 0 Å². The van der Waals surface area contributed by atoms with E-state index in [0.717, 1.165) is 37.9 Å². The van der Waals surface area contributed by atoms with Crippen LogP contribution in [0.15, 0.2) is 6.20 Å². The molecule has 1 heterocycles. The summed E-state index contributed by atoms with van der Waals surface area (Å²) in [7, 11) is 0. The Bertz CT molecular complexity index is 526. The second kappa shape index (κ2) is 9.32. The minimum Gasteiger partial charge on any atom is -0.373 e. The number of nitrogens with zero attached hydrogens (tertiary/aromatic N) is 3. The van der Waals surface area contributed by atoms with Gasteiger partial charge in [-0.1, -0.05) is 11.6 Å². The topological polar surface area (TPSA) is 69.0 Å². The van der Waals surface area contributed by atoms with E-state index in [1.807, 2.05) is 31.6 Å². The Morgan fingerprint density at radius 1 is 1.20 bits per heavy atom. The van der Waals surface area contributed by atoms with Crippen LogP contribution in [-0.4, -0.2) is 38.1 Å². The summed E-state index contributed by atoms with van der Waals surface area (Å²) in [5.74, 6) is 0.128. The molecule has 1 unspecified atom stereocenters. The van der Waals surface area contributed by atoms with E-state index in [1.54, 1.807) is 0 Å². The number of hydrogen-bond donors (Lipinski definition) is 1. The van der Waals surface area contributed by atoms with E-state index in [-0.39, 0.29) is 23.2 Å². The van der Waals surface area contributed by atoms with Crippen molar-refractivity contribution >= 4 is 5.91 Å². The van der Waals surface area contributed by atoms with Crippen molar-refractivity contribution in [2.45, 2.75) is 104 Å². The van der Waals surface area contributed by atoms with Gasteiger partial charge in [0, 0.05) is 31.1 Å². The molecule has 1 rings (SSSR count). The number of rotatable bonds is 9. The second-order valence-corrected chi connectivity index (χ2v) is 8.83. The van der Waals surface area contributed by atoms with Gasteiger partial charge >= 0.3 is 0 Å². The van der Waals surface area contributed by atoms with Crippen LogP contribution in [0, 0.1) is 0 Å². The van der Waals surface area contributed by atoms with Gasteiger partial charge in [0.2, 0.25) is 5.91 Å². The van der Waals surface area contributed by atoms with Gasteiger partial charge in [0.05, 0.1) is 17.4 Å². The number of nitrogens with one attached hydrogen (secondary N) is 1. The Hall–Kier alpha value is -1.43. The van der Waals surface area contributed by atoms with Crippen molar-refractivity contribution in [3.8, 4) is 0 Å². The lowest BCUT2D eigenvalue weighted by Gasteiger charge is -2.24. The molecule has 25 heavy (non-hydrogen) atoms. The van der Waals surface area contributed by atoms with Gasteiger partial charge in [-0.15, -0.1) is 5.10 Å². The molecule has 1 N–H and O–H groups in total. The summed E-state index contributed by atoms with van der Waals surface area (Å²) in [6, 6.07) is 0. The Kier molecular flexibility index (Phi) is 8.06. The molecule has 1 aromatic rings. The van der Waals surface area contributed by atoms with E-state index in [9.17, 15) is 4.79 Å². The molecule has 6 nitrogen and oxygen atoms in total. The van der Waals surface area contributed by atoms with E-state index in [1.165, 1.54) is 0 Å². The summed E-state index contributed by atoms with van der Waals surface area (Å²) in [5, 5.41) is 11.4. The maximum Gasteiger partial charge on any atom is 0.220 e. The molecule has 0 saturated heterocycles. The molecule has 0 bridgehead atoms. The summed E-state index contributed by atoms with van der Waals surface area (Å²) in [6.07, 6.45) is 6.38. The number of carbonyl (C=O) groups excluding carboxylic acids is 1. The number of unbranched alkanes of at least 4 members (excludes halogenated alkanes) is 2. The highest BCUT2D eigenvalue weighted by Gasteiger charge is 2.16. The monoisotopic (exact) mass is 352 g/mol. The van der Waals surface area contributed by atoms with Gasteiger partial charge in [0.25, 0.3) is 0 Å². The number of hydrogen-bond acceptors (Lipinski definition) is 4. The molecule has 0 aliphatic heterocycles. The van der Waals surface area contributed by atoms with Crippen LogP contribution in [0.5, 0.6) is 0 Å². The Morgan fingerprint density at radius 3 is 2.48 bits per heavy atom. The van der Waals surface area contributed by atoms with Crippen molar-refractivity contribution in [3.63, 3.8) is 0 Å². The predicted molar refractivity (Wildman–Crippen MR) is 100 cm³/mol. The number of amides is 1. The first-order valence-corrected chi connectivity index (χ1v) is 9.32. The number of ether oxygens (including phenoxy) is 1. The SMILES string of the molecule is CC(Cc1cn(CCCCCC(=O)NC(C)(C)C)nn1)OC(C)(C)C. The van der Waals surface area contributed by atoms with Crippen molar-refractivity contribution in [2.75, 3.05) is 0 Å². The average molecular weight is 353 g/mol. The van der Waals surface area contributed by atoms with E-state index in [2.05, 4.69) is 43.3 Å². The number of carbonyl (C=O) groups is 1. The zero-order valence-electron chi connectivity index (χ0n) is 17.1. The van der Waals surface area contributed by atoms with Crippen molar-refractivity contribution in [1.82, 2.24) is 20.3 Å². The molecular formula is C19H36N4O2. The van der Waals surface area contributed by atoms with E-state index in [4.69, 9.17) is 4.74 Å². The molecule has 1 amide bonds. The highest BCUT2D eigenvalue weighted by atomic mass is 16.5. The van der Waals surface area contributed by atoms with Crippen molar-refractivity contribution in [3.05, 3.63) is 11.9 Å². The van der Waals surface area contributed by atoms with Crippen LogP contribution in [0.1, 0.15) is 79.8 Å². The maximum atomic E-state index is 11.7. The molecule has 6 heteroatoms. The third-order valence-corrected chi connectivity index (χ3v) is 3.44. The maximum absolute atomic E-state index is 11.7. The third kappa shape index (κ3) is 10.9. The minimum atomic E-state index is -0.151. The minimum absolute atomic E-state index is 0.117. The third-order valence-electron chi connectivity index (χ3n) is 3.44. The van der Waals surface area contributed by atoms with Gasteiger partial charge in [-0.25, -0.2) is 0 Å². The van der Waals surface area contributed by atoms with E-state index >= 15 is 0 Å². The first-order valence-electron chi connectivity index (χ1n) is 9.32. The first kappa shape index (κ1) is 21.6. The van der Waals surface area contributed by atoms with Crippen LogP contribution < -0.4 is 5.32 Å². The lowest BCUT2D eigenvalue weighted by Crippen LogP contribution is -2.40. The zero-order valence-corrected chi connectivity index (χ0v) is 17.1. The lowest BCUT2D eigenvalue weighted by atomic mass is 10.1. The highest BCUT2D eigenvalue weighted by molar-refractivity contribution is 5.76. The molecule has 0 radical (unpaired) electrons. The molecule has 1 aromatic heterocycles. The van der Waals surface area contributed by atoms with Gasteiger partial charge in [0.15, 0.2) is 0 Å². The number of aryl methyl sites for hydroxylation is 1. The number of aromatic nitrogens is 3. The first-order chi connectivity index (χ1) is 11.4. The van der Waals surface area contributed by atoms with Crippen molar-refractivity contribution in [1.29, 1.82) is 0 Å². The molecule has 0 aromatic carbocycles. The van der Waals surface area contributed by atoms with Gasteiger partial charge < -0.3 is 10.1 Å². The zero-order chi connectivity index (χ0) is 19.1. The van der Waals surface area contributed by atoms with Crippen molar-refractivity contribution in [2.24, 2.45) is 0 Å². The predicted octanol–water partition coefficient (Wildman–Crippen LogP) is 3.50. The fourth-order valence-corrected chi connectivity index (χ4v) is 2.70. The molecule has 0 aliphatic rings. The van der Waals surface area contributed by atoms with Crippen LogP contribution >= 0.6 is 0 Å². The van der Waals surface area contributed by atoms with E-state index < -0.39 is 0 Å².